The van der Waals surface area contributed by atoms with Gasteiger partial charge in [-0.3, -0.25) is 0 Å². The van der Waals surface area contributed by atoms with Gasteiger partial charge in [0.05, 0.1) is 0 Å². The van der Waals surface area contributed by atoms with Gasteiger partial charge in [-0.15, -0.1) is 24.8 Å². The topological polar surface area (TPSA) is 0 Å². The maximum Gasteiger partial charge on any atom is -0.0398 e. The summed E-state index contributed by atoms with van der Waals surface area (Å²) in [7, 11) is 0. The van der Waals surface area contributed by atoms with Gasteiger partial charge in [0.1, 0.15) is 0 Å². The third-order valence-electron chi connectivity index (χ3n) is 0.940. The van der Waals surface area contributed by atoms with E-state index in [0.29, 0.717) is 0 Å². The van der Waals surface area contributed by atoms with E-state index in [1.807, 2.05) is 18.2 Å². The van der Waals surface area contributed by atoms with Gasteiger partial charge in [0.25, 0.3) is 0 Å². The summed E-state index contributed by atoms with van der Waals surface area (Å²) in [6.45, 7) is 2.08. The minimum absolute atomic E-state index is 0. The zero-order valence-electron chi connectivity index (χ0n) is 5.20. The standard InChI is InChI=1S/C7H8.2ClH/c1-7-5-3-2-4-6-7;;/h2-6H,1H3;2*1H. The summed E-state index contributed by atoms with van der Waals surface area (Å²) in [5, 5.41) is 0. The first-order chi connectivity index (χ1) is 3.39. The third kappa shape index (κ3) is 4.31. The van der Waals surface area contributed by atoms with Crippen molar-refractivity contribution in [2.45, 2.75) is 6.92 Å². The van der Waals surface area contributed by atoms with Crippen LogP contribution in [0.15, 0.2) is 30.3 Å². The highest BCUT2D eigenvalue weighted by Gasteiger charge is 1.72. The molecule has 9 heavy (non-hydrogen) atoms. The molecule has 0 fully saturated rings. The summed E-state index contributed by atoms with van der Waals surface area (Å²) in [6.07, 6.45) is 0. The largest absolute Gasteiger partial charge is 0.147 e. The average molecular weight is 165 g/mol. The molecule has 0 nitrogen and oxygen atoms in total. The SMILES string of the molecule is Cc1ccccc1.Cl.Cl. The van der Waals surface area contributed by atoms with Crippen molar-refractivity contribution in [3.05, 3.63) is 35.9 Å². The molecule has 0 saturated carbocycles. The number of aryl methyl sites for hydroxylation is 1. The molecule has 2 heteroatoms. The van der Waals surface area contributed by atoms with Crippen molar-refractivity contribution in [1.29, 1.82) is 0 Å². The molecule has 0 spiro atoms. The number of halogens is 2. The normalized spacial score (nSPS) is 6.78. The van der Waals surface area contributed by atoms with Gasteiger partial charge in [-0.2, -0.15) is 0 Å². The van der Waals surface area contributed by atoms with Crippen LogP contribution in [0.25, 0.3) is 0 Å². The molecule has 0 aliphatic heterocycles. The molecule has 0 aliphatic rings. The number of hydrogen-bond acceptors (Lipinski definition) is 0. The van der Waals surface area contributed by atoms with Gasteiger partial charge in [-0.25, -0.2) is 0 Å². The van der Waals surface area contributed by atoms with Crippen LogP contribution in [0.5, 0.6) is 0 Å². The Hall–Kier alpha value is -0.200. The van der Waals surface area contributed by atoms with E-state index < -0.39 is 0 Å². The summed E-state index contributed by atoms with van der Waals surface area (Å²) < 4.78 is 0. The van der Waals surface area contributed by atoms with Gasteiger partial charge in [-0.1, -0.05) is 35.9 Å². The van der Waals surface area contributed by atoms with Gasteiger partial charge in [0.15, 0.2) is 0 Å². The predicted octanol–water partition coefficient (Wildman–Crippen LogP) is 2.84. The van der Waals surface area contributed by atoms with Crippen LogP contribution in [0, 0.1) is 6.92 Å². The van der Waals surface area contributed by atoms with E-state index in [1.165, 1.54) is 5.56 Å². The number of hydrogen-bond donors (Lipinski definition) is 0. The molecular formula is C7H10Cl2. The van der Waals surface area contributed by atoms with E-state index in [9.17, 15) is 0 Å². The van der Waals surface area contributed by atoms with Crippen LogP contribution in [0.2, 0.25) is 0 Å². The summed E-state index contributed by atoms with van der Waals surface area (Å²) in [6, 6.07) is 10.3. The minimum atomic E-state index is 0. The van der Waals surface area contributed by atoms with Crippen LogP contribution in [0.3, 0.4) is 0 Å². The first kappa shape index (κ1) is 11.6. The maximum absolute atomic E-state index is 2.08. The van der Waals surface area contributed by atoms with Crippen LogP contribution >= 0.6 is 24.8 Å². The Bertz CT molecular complexity index is 137. The van der Waals surface area contributed by atoms with Gasteiger partial charge in [0, 0.05) is 0 Å². The predicted molar refractivity (Wildman–Crippen MR) is 45.7 cm³/mol. The molecule has 0 aromatic heterocycles. The smallest absolute Gasteiger partial charge is 0.0398 e. The summed E-state index contributed by atoms with van der Waals surface area (Å²) in [5.74, 6) is 0. The average Bonchev–Trinajstić information content (AvgIpc) is 1.69. The quantitative estimate of drug-likeness (QED) is 0.554. The van der Waals surface area contributed by atoms with E-state index in [-0.39, 0.29) is 24.8 Å². The number of rotatable bonds is 0. The highest BCUT2D eigenvalue weighted by atomic mass is 35.5. The van der Waals surface area contributed by atoms with E-state index in [1.54, 1.807) is 0 Å². The molecule has 1 aromatic rings. The Balaban J connectivity index is 0. The van der Waals surface area contributed by atoms with E-state index in [0.717, 1.165) is 0 Å². The van der Waals surface area contributed by atoms with E-state index >= 15 is 0 Å². The fraction of sp³-hybridized carbons (Fsp3) is 0.143. The summed E-state index contributed by atoms with van der Waals surface area (Å²) >= 11 is 0. The minimum Gasteiger partial charge on any atom is -0.147 e. The van der Waals surface area contributed by atoms with Crippen LogP contribution in [0.4, 0.5) is 0 Å². The van der Waals surface area contributed by atoms with Gasteiger partial charge in [0.2, 0.25) is 0 Å². The first-order valence-corrected chi connectivity index (χ1v) is 2.41. The second kappa shape index (κ2) is 5.93. The molecule has 0 heterocycles. The lowest BCUT2D eigenvalue weighted by Gasteiger charge is -1.82. The van der Waals surface area contributed by atoms with Crippen LogP contribution in [-0.4, -0.2) is 0 Å². The fourth-order valence-corrected chi connectivity index (χ4v) is 0.534. The van der Waals surface area contributed by atoms with Crippen molar-refractivity contribution in [3.8, 4) is 0 Å². The molecule has 1 aromatic carbocycles. The van der Waals surface area contributed by atoms with Gasteiger partial charge >= 0.3 is 0 Å². The van der Waals surface area contributed by atoms with Crippen molar-refractivity contribution >= 4 is 24.8 Å². The monoisotopic (exact) mass is 164 g/mol. The van der Waals surface area contributed by atoms with E-state index in [2.05, 4.69) is 19.1 Å². The Morgan fingerprint density at radius 2 is 1.33 bits per heavy atom. The lowest BCUT2D eigenvalue weighted by molar-refractivity contribution is 1.48. The Morgan fingerprint density at radius 3 is 1.56 bits per heavy atom. The van der Waals surface area contributed by atoms with Crippen molar-refractivity contribution < 1.29 is 0 Å². The lowest BCUT2D eigenvalue weighted by Crippen LogP contribution is -1.62. The molecule has 0 saturated heterocycles. The second-order valence-electron chi connectivity index (χ2n) is 1.65. The summed E-state index contributed by atoms with van der Waals surface area (Å²) in [5.41, 5.74) is 1.32. The first-order valence-electron chi connectivity index (χ1n) is 2.41. The van der Waals surface area contributed by atoms with Crippen molar-refractivity contribution in [1.82, 2.24) is 0 Å². The molecule has 1 rings (SSSR count). The molecule has 52 valence electrons. The molecule has 0 aliphatic carbocycles. The van der Waals surface area contributed by atoms with Crippen molar-refractivity contribution in [2.75, 3.05) is 0 Å². The molecule has 0 bridgehead atoms. The maximum atomic E-state index is 2.08. The van der Waals surface area contributed by atoms with E-state index in [4.69, 9.17) is 0 Å². The van der Waals surface area contributed by atoms with Crippen LogP contribution in [-0.2, 0) is 0 Å². The van der Waals surface area contributed by atoms with Crippen molar-refractivity contribution in [2.24, 2.45) is 0 Å². The van der Waals surface area contributed by atoms with Crippen LogP contribution in [0.1, 0.15) is 5.56 Å². The summed E-state index contributed by atoms with van der Waals surface area (Å²) in [4.78, 5) is 0. The highest BCUT2D eigenvalue weighted by molar-refractivity contribution is 5.85. The van der Waals surface area contributed by atoms with Crippen molar-refractivity contribution in [3.63, 3.8) is 0 Å². The molecule has 0 unspecified atom stereocenters. The number of benzene rings is 1. The molecule has 0 N–H and O–H groups in total. The lowest BCUT2D eigenvalue weighted by atomic mass is 10.2. The Labute approximate surface area is 68.1 Å². The van der Waals surface area contributed by atoms with Gasteiger partial charge < -0.3 is 0 Å². The Morgan fingerprint density at radius 1 is 0.889 bits per heavy atom. The Kier molecular flexibility index (Phi) is 7.63. The molecule has 0 amide bonds. The fourth-order valence-electron chi connectivity index (χ4n) is 0.534. The zero-order valence-corrected chi connectivity index (χ0v) is 6.84. The van der Waals surface area contributed by atoms with Crippen LogP contribution < -0.4 is 0 Å². The zero-order chi connectivity index (χ0) is 5.11. The third-order valence-corrected chi connectivity index (χ3v) is 0.940. The highest BCUT2D eigenvalue weighted by Crippen LogP contribution is 1.92. The molecule has 0 atom stereocenters. The molecule has 0 radical (unpaired) electrons. The molecular weight excluding hydrogens is 155 g/mol. The second-order valence-corrected chi connectivity index (χ2v) is 1.65. The van der Waals surface area contributed by atoms with Gasteiger partial charge in [-0.05, 0) is 6.92 Å².